The van der Waals surface area contributed by atoms with Gasteiger partial charge in [-0.25, -0.2) is 9.67 Å². The molecule has 0 spiro atoms. The summed E-state index contributed by atoms with van der Waals surface area (Å²) >= 11 is 0. The Labute approximate surface area is 153 Å². The minimum absolute atomic E-state index is 0.0191. The monoisotopic (exact) mass is 349 g/mol. The molecule has 0 saturated heterocycles. The molecule has 6 heteroatoms. The van der Waals surface area contributed by atoms with Gasteiger partial charge in [-0.2, -0.15) is 0 Å². The molecule has 0 fully saturated rings. The maximum absolute atomic E-state index is 12.1. The highest BCUT2D eigenvalue weighted by Gasteiger charge is 2.15. The van der Waals surface area contributed by atoms with Crippen LogP contribution in [0.5, 0.6) is 0 Å². The Hall–Kier alpha value is -2.99. The van der Waals surface area contributed by atoms with Gasteiger partial charge in [0.2, 0.25) is 0 Å². The minimum Gasteiger partial charge on any atom is -0.345 e. The molecule has 0 aliphatic heterocycles. The largest absolute Gasteiger partial charge is 0.345 e. The molecule has 0 aliphatic carbocycles. The van der Waals surface area contributed by atoms with Crippen LogP contribution in [-0.4, -0.2) is 58.7 Å². The molecule has 1 aromatic heterocycles. The zero-order valence-electron chi connectivity index (χ0n) is 15.5. The third-order valence-electron chi connectivity index (χ3n) is 3.91. The molecular weight excluding hydrogens is 326 g/mol. The van der Waals surface area contributed by atoms with Crippen molar-refractivity contribution in [2.75, 3.05) is 28.2 Å². The maximum atomic E-state index is 12.1. The fourth-order valence-electron chi connectivity index (χ4n) is 2.66. The Bertz CT molecular complexity index is 882. The first-order chi connectivity index (χ1) is 12.5. The normalized spacial score (nSPS) is 11.0. The lowest BCUT2D eigenvalue weighted by Crippen LogP contribution is -2.21. The Morgan fingerprint density at radius 1 is 0.962 bits per heavy atom. The van der Waals surface area contributed by atoms with E-state index in [1.54, 1.807) is 19.0 Å². The first-order valence-electron chi connectivity index (χ1n) is 8.44. The molecule has 0 aliphatic rings. The second-order valence-electron chi connectivity index (χ2n) is 6.61. The number of carbonyl (C=O) groups excluding carboxylic acids is 1. The van der Waals surface area contributed by atoms with Crippen LogP contribution < -0.4 is 0 Å². The van der Waals surface area contributed by atoms with Crippen LogP contribution in [0.4, 0.5) is 0 Å². The highest BCUT2D eigenvalue weighted by atomic mass is 16.2. The smallest absolute Gasteiger partial charge is 0.253 e. The van der Waals surface area contributed by atoms with E-state index in [4.69, 9.17) is 4.98 Å². The third kappa shape index (κ3) is 3.81. The van der Waals surface area contributed by atoms with Gasteiger partial charge >= 0.3 is 0 Å². The number of benzene rings is 2. The summed E-state index contributed by atoms with van der Waals surface area (Å²) in [7, 11) is 7.47. The van der Waals surface area contributed by atoms with Crippen LogP contribution in [0.1, 0.15) is 16.2 Å². The van der Waals surface area contributed by atoms with Crippen molar-refractivity contribution in [2.45, 2.75) is 6.54 Å². The van der Waals surface area contributed by atoms with Crippen molar-refractivity contribution in [1.82, 2.24) is 24.6 Å². The van der Waals surface area contributed by atoms with Gasteiger partial charge in [0.25, 0.3) is 5.91 Å². The van der Waals surface area contributed by atoms with Crippen molar-refractivity contribution < 1.29 is 4.79 Å². The number of hydrogen-bond acceptors (Lipinski definition) is 4. The van der Waals surface area contributed by atoms with Gasteiger partial charge < -0.3 is 9.80 Å². The fraction of sp³-hybridized carbons (Fsp3) is 0.250. The third-order valence-corrected chi connectivity index (χ3v) is 3.91. The summed E-state index contributed by atoms with van der Waals surface area (Å²) in [5.41, 5.74) is 2.52. The summed E-state index contributed by atoms with van der Waals surface area (Å²) in [5, 5.41) is 4.67. The molecule has 1 amide bonds. The van der Waals surface area contributed by atoms with Gasteiger partial charge in [-0.1, -0.05) is 30.3 Å². The predicted molar refractivity (Wildman–Crippen MR) is 102 cm³/mol. The van der Waals surface area contributed by atoms with Crippen LogP contribution in [0.15, 0.2) is 54.6 Å². The zero-order valence-corrected chi connectivity index (χ0v) is 15.5. The van der Waals surface area contributed by atoms with Crippen LogP contribution in [0, 0.1) is 0 Å². The SMILES string of the molecule is CN(C)Cc1nc(-c2ccc(C(=O)N(C)C)cc2)n(-c2ccccc2)n1. The lowest BCUT2D eigenvalue weighted by molar-refractivity contribution is 0.0827. The summed E-state index contributed by atoms with van der Waals surface area (Å²) in [5.74, 6) is 1.49. The van der Waals surface area contributed by atoms with E-state index in [-0.39, 0.29) is 5.91 Å². The average Bonchev–Trinajstić information content (AvgIpc) is 3.05. The molecule has 0 atom stereocenters. The first-order valence-corrected chi connectivity index (χ1v) is 8.44. The second-order valence-corrected chi connectivity index (χ2v) is 6.61. The van der Waals surface area contributed by atoms with E-state index >= 15 is 0 Å². The summed E-state index contributed by atoms with van der Waals surface area (Å²) in [6.45, 7) is 0.657. The van der Waals surface area contributed by atoms with Crippen LogP contribution in [0.2, 0.25) is 0 Å². The molecular formula is C20H23N5O. The molecule has 3 aromatic rings. The van der Waals surface area contributed by atoms with Gasteiger partial charge in [-0.3, -0.25) is 4.79 Å². The van der Waals surface area contributed by atoms with Crippen LogP contribution in [0.3, 0.4) is 0 Å². The van der Waals surface area contributed by atoms with Gasteiger partial charge in [0, 0.05) is 25.2 Å². The highest BCUT2D eigenvalue weighted by Crippen LogP contribution is 2.22. The summed E-state index contributed by atoms with van der Waals surface area (Å²) in [6.07, 6.45) is 0. The van der Waals surface area contributed by atoms with E-state index in [0.29, 0.717) is 12.1 Å². The van der Waals surface area contributed by atoms with Crippen molar-refractivity contribution in [2.24, 2.45) is 0 Å². The number of carbonyl (C=O) groups is 1. The van der Waals surface area contributed by atoms with E-state index < -0.39 is 0 Å². The number of para-hydroxylation sites is 1. The van der Waals surface area contributed by atoms with Crippen LogP contribution >= 0.6 is 0 Å². The number of hydrogen-bond donors (Lipinski definition) is 0. The van der Waals surface area contributed by atoms with Crippen molar-refractivity contribution in [3.8, 4) is 17.1 Å². The van der Waals surface area contributed by atoms with Crippen molar-refractivity contribution >= 4 is 5.91 Å². The lowest BCUT2D eigenvalue weighted by Gasteiger charge is -2.10. The van der Waals surface area contributed by atoms with Gasteiger partial charge in [-0.05, 0) is 38.4 Å². The molecule has 0 bridgehead atoms. The number of nitrogens with zero attached hydrogens (tertiary/aromatic N) is 5. The molecule has 6 nitrogen and oxygen atoms in total. The van der Waals surface area contributed by atoms with Gasteiger partial charge in [-0.15, -0.1) is 5.10 Å². The van der Waals surface area contributed by atoms with E-state index in [0.717, 1.165) is 22.9 Å². The van der Waals surface area contributed by atoms with Gasteiger partial charge in [0.05, 0.1) is 12.2 Å². The first kappa shape index (κ1) is 17.8. The number of rotatable bonds is 5. The Balaban J connectivity index is 2.03. The predicted octanol–water partition coefficient (Wildman–Crippen LogP) is 2.70. The molecule has 0 N–H and O–H groups in total. The lowest BCUT2D eigenvalue weighted by atomic mass is 10.1. The summed E-state index contributed by atoms with van der Waals surface area (Å²) < 4.78 is 1.85. The van der Waals surface area contributed by atoms with E-state index in [1.807, 2.05) is 78.3 Å². The Kier molecular flexibility index (Phi) is 5.14. The minimum atomic E-state index is -0.0191. The number of amides is 1. The molecule has 26 heavy (non-hydrogen) atoms. The highest BCUT2D eigenvalue weighted by molar-refractivity contribution is 5.94. The van der Waals surface area contributed by atoms with Crippen molar-refractivity contribution in [1.29, 1.82) is 0 Å². The topological polar surface area (TPSA) is 54.3 Å². The summed E-state index contributed by atoms with van der Waals surface area (Å²) in [6, 6.07) is 17.4. The molecule has 1 heterocycles. The average molecular weight is 349 g/mol. The fourth-order valence-corrected chi connectivity index (χ4v) is 2.66. The maximum Gasteiger partial charge on any atom is 0.253 e. The molecule has 0 unspecified atom stereocenters. The van der Waals surface area contributed by atoms with Crippen molar-refractivity contribution in [3.63, 3.8) is 0 Å². The molecule has 0 radical (unpaired) electrons. The second kappa shape index (κ2) is 7.49. The molecule has 2 aromatic carbocycles. The standard InChI is InChI=1S/C20H23N5O/c1-23(2)14-18-21-19(25(22-18)17-8-6-5-7-9-17)15-10-12-16(13-11-15)20(26)24(3)4/h5-13H,14H2,1-4H3. The Morgan fingerprint density at radius 3 is 2.19 bits per heavy atom. The zero-order chi connectivity index (χ0) is 18.7. The number of aromatic nitrogens is 3. The van der Waals surface area contributed by atoms with E-state index in [1.165, 1.54) is 0 Å². The van der Waals surface area contributed by atoms with E-state index in [2.05, 4.69) is 5.10 Å². The molecule has 0 saturated carbocycles. The van der Waals surface area contributed by atoms with Gasteiger partial charge in [0.15, 0.2) is 11.6 Å². The Morgan fingerprint density at radius 2 is 1.62 bits per heavy atom. The van der Waals surface area contributed by atoms with Crippen LogP contribution in [-0.2, 0) is 6.54 Å². The van der Waals surface area contributed by atoms with E-state index in [9.17, 15) is 4.79 Å². The molecule has 134 valence electrons. The van der Waals surface area contributed by atoms with Crippen molar-refractivity contribution in [3.05, 3.63) is 66.0 Å². The quantitative estimate of drug-likeness (QED) is 0.711. The van der Waals surface area contributed by atoms with Crippen LogP contribution in [0.25, 0.3) is 17.1 Å². The summed E-state index contributed by atoms with van der Waals surface area (Å²) in [4.78, 5) is 20.4. The van der Waals surface area contributed by atoms with Gasteiger partial charge in [0.1, 0.15) is 0 Å². The molecule has 3 rings (SSSR count).